The second-order valence-electron chi connectivity index (χ2n) is 4.34. The molecule has 94 valence electrons. The molecule has 0 amide bonds. The number of nitrogen functional groups attached to an aromatic ring is 1. The predicted molar refractivity (Wildman–Crippen MR) is 70.2 cm³/mol. The van der Waals surface area contributed by atoms with Crippen LogP contribution >= 0.6 is 0 Å². The molecule has 2 rings (SSSR count). The maximum absolute atomic E-state index is 5.67. The van der Waals surface area contributed by atoms with Crippen molar-refractivity contribution in [3.05, 3.63) is 29.8 Å². The van der Waals surface area contributed by atoms with E-state index in [4.69, 9.17) is 10.5 Å². The second-order valence-corrected chi connectivity index (χ2v) is 4.34. The Hall–Kier alpha value is -2.17. The van der Waals surface area contributed by atoms with Gasteiger partial charge in [-0.2, -0.15) is 15.0 Å². The number of aryl methyl sites for hydroxylation is 1. The minimum absolute atomic E-state index is 0.00263. The van der Waals surface area contributed by atoms with E-state index in [-0.39, 0.29) is 18.1 Å². The van der Waals surface area contributed by atoms with E-state index in [0.29, 0.717) is 5.82 Å². The maximum Gasteiger partial charge on any atom is 0.322 e. The summed E-state index contributed by atoms with van der Waals surface area (Å²) in [6.45, 7) is 5.83. The van der Waals surface area contributed by atoms with Crippen LogP contribution in [-0.2, 0) is 0 Å². The normalized spacial score (nSPS) is 10.7. The first-order valence-electron chi connectivity index (χ1n) is 5.80. The largest absolute Gasteiger partial charge is 0.461 e. The molecule has 1 heterocycles. The predicted octanol–water partition coefficient (Wildman–Crippen LogP) is 2.22. The average molecular weight is 244 g/mol. The summed E-state index contributed by atoms with van der Waals surface area (Å²) in [6.07, 6.45) is -0.00263. The van der Waals surface area contributed by atoms with Crippen molar-refractivity contribution in [3.8, 4) is 17.4 Å². The zero-order valence-corrected chi connectivity index (χ0v) is 10.7. The summed E-state index contributed by atoms with van der Waals surface area (Å²) in [5.74, 6) is 0.694. The number of rotatable bonds is 3. The Morgan fingerprint density at radius 1 is 1.17 bits per heavy atom. The van der Waals surface area contributed by atoms with Gasteiger partial charge in [0.15, 0.2) is 5.82 Å². The first-order chi connectivity index (χ1) is 8.54. The summed E-state index contributed by atoms with van der Waals surface area (Å²) in [4.78, 5) is 12.3. The van der Waals surface area contributed by atoms with Crippen LogP contribution in [0.1, 0.15) is 19.4 Å². The van der Waals surface area contributed by atoms with Crippen LogP contribution in [0, 0.1) is 6.92 Å². The number of anilines is 1. The van der Waals surface area contributed by atoms with E-state index in [9.17, 15) is 0 Å². The van der Waals surface area contributed by atoms with E-state index in [0.717, 1.165) is 11.1 Å². The summed E-state index contributed by atoms with van der Waals surface area (Å²) in [5.41, 5.74) is 7.71. The van der Waals surface area contributed by atoms with Crippen molar-refractivity contribution in [2.24, 2.45) is 0 Å². The quantitative estimate of drug-likeness (QED) is 0.896. The third kappa shape index (κ3) is 2.94. The van der Waals surface area contributed by atoms with E-state index in [1.807, 2.05) is 45.0 Å². The number of nitrogens with zero attached hydrogens (tertiary/aromatic N) is 3. The molecule has 5 nitrogen and oxygen atoms in total. The molecular weight excluding hydrogens is 228 g/mol. The number of hydrogen-bond acceptors (Lipinski definition) is 5. The molecule has 0 aliphatic rings. The lowest BCUT2D eigenvalue weighted by Crippen LogP contribution is -2.11. The molecule has 2 aromatic rings. The summed E-state index contributed by atoms with van der Waals surface area (Å²) < 4.78 is 5.45. The number of aromatic nitrogens is 3. The van der Waals surface area contributed by atoms with Gasteiger partial charge in [0, 0.05) is 5.56 Å². The van der Waals surface area contributed by atoms with Crippen LogP contribution in [0.15, 0.2) is 24.3 Å². The van der Waals surface area contributed by atoms with Crippen LogP contribution in [-0.4, -0.2) is 21.1 Å². The number of benzene rings is 1. The Balaban J connectivity index is 2.41. The highest BCUT2D eigenvalue weighted by Gasteiger charge is 2.09. The average Bonchev–Trinajstić information content (AvgIpc) is 2.27. The Bertz CT molecular complexity index is 554. The highest BCUT2D eigenvalue weighted by Crippen LogP contribution is 2.19. The molecule has 2 N–H and O–H groups in total. The van der Waals surface area contributed by atoms with E-state index < -0.39 is 0 Å². The maximum atomic E-state index is 5.67. The lowest BCUT2D eigenvalue weighted by molar-refractivity contribution is 0.222. The van der Waals surface area contributed by atoms with Gasteiger partial charge >= 0.3 is 6.01 Å². The molecule has 0 bridgehead atoms. The van der Waals surface area contributed by atoms with E-state index in [1.165, 1.54) is 0 Å². The molecular formula is C13H16N4O. The topological polar surface area (TPSA) is 73.9 Å². The molecule has 0 saturated heterocycles. The fourth-order valence-corrected chi connectivity index (χ4v) is 1.55. The molecule has 5 heteroatoms. The number of nitrogens with two attached hydrogens (primary N) is 1. The van der Waals surface area contributed by atoms with Gasteiger partial charge < -0.3 is 10.5 Å². The Labute approximate surface area is 106 Å². The summed E-state index contributed by atoms with van der Waals surface area (Å²) >= 11 is 0. The highest BCUT2D eigenvalue weighted by molar-refractivity contribution is 5.57. The molecule has 0 spiro atoms. The zero-order valence-electron chi connectivity index (χ0n) is 10.7. The van der Waals surface area contributed by atoms with Gasteiger partial charge in [0.2, 0.25) is 5.95 Å². The monoisotopic (exact) mass is 244 g/mol. The molecule has 0 saturated carbocycles. The van der Waals surface area contributed by atoms with Crippen LogP contribution in [0.3, 0.4) is 0 Å². The van der Waals surface area contributed by atoms with Gasteiger partial charge in [-0.3, -0.25) is 0 Å². The first kappa shape index (κ1) is 12.3. The van der Waals surface area contributed by atoms with Crippen LogP contribution in [0.2, 0.25) is 0 Å². The Kier molecular flexibility index (Phi) is 3.41. The lowest BCUT2D eigenvalue weighted by Gasteiger charge is -2.09. The Morgan fingerprint density at radius 2 is 1.94 bits per heavy atom. The lowest BCUT2D eigenvalue weighted by atomic mass is 10.1. The third-order valence-corrected chi connectivity index (χ3v) is 2.25. The second kappa shape index (κ2) is 5.00. The smallest absolute Gasteiger partial charge is 0.322 e. The summed E-state index contributed by atoms with van der Waals surface area (Å²) in [5, 5.41) is 0. The Morgan fingerprint density at radius 3 is 2.61 bits per heavy atom. The van der Waals surface area contributed by atoms with Gasteiger partial charge in [-0.1, -0.05) is 23.8 Å². The number of ether oxygens (including phenoxy) is 1. The summed E-state index contributed by atoms with van der Waals surface area (Å²) in [7, 11) is 0. The zero-order chi connectivity index (χ0) is 13.1. The fraction of sp³-hybridized carbons (Fsp3) is 0.308. The number of hydrogen-bond donors (Lipinski definition) is 1. The van der Waals surface area contributed by atoms with Gasteiger partial charge in [-0.05, 0) is 26.8 Å². The molecule has 0 unspecified atom stereocenters. The SMILES string of the molecule is Cc1cccc(-c2nc(N)nc(OC(C)C)n2)c1. The van der Waals surface area contributed by atoms with Gasteiger partial charge in [0.05, 0.1) is 6.10 Å². The van der Waals surface area contributed by atoms with Crippen molar-refractivity contribution in [3.63, 3.8) is 0 Å². The van der Waals surface area contributed by atoms with Gasteiger partial charge in [0.25, 0.3) is 0 Å². The van der Waals surface area contributed by atoms with Crippen LogP contribution in [0.4, 0.5) is 5.95 Å². The van der Waals surface area contributed by atoms with Crippen LogP contribution in [0.25, 0.3) is 11.4 Å². The molecule has 0 atom stereocenters. The van der Waals surface area contributed by atoms with Gasteiger partial charge in [-0.15, -0.1) is 0 Å². The molecule has 0 radical (unpaired) electrons. The van der Waals surface area contributed by atoms with Gasteiger partial charge in [0.1, 0.15) is 0 Å². The van der Waals surface area contributed by atoms with Gasteiger partial charge in [-0.25, -0.2) is 0 Å². The van der Waals surface area contributed by atoms with E-state index >= 15 is 0 Å². The molecule has 1 aromatic carbocycles. The minimum atomic E-state index is -0.00263. The van der Waals surface area contributed by atoms with E-state index in [2.05, 4.69) is 15.0 Å². The van der Waals surface area contributed by atoms with Crippen LogP contribution < -0.4 is 10.5 Å². The highest BCUT2D eigenvalue weighted by atomic mass is 16.5. The molecule has 0 fully saturated rings. The van der Waals surface area contributed by atoms with Crippen molar-refractivity contribution in [2.75, 3.05) is 5.73 Å². The fourth-order valence-electron chi connectivity index (χ4n) is 1.55. The first-order valence-corrected chi connectivity index (χ1v) is 5.80. The molecule has 0 aliphatic heterocycles. The molecule has 1 aromatic heterocycles. The van der Waals surface area contributed by atoms with Crippen molar-refractivity contribution in [1.82, 2.24) is 15.0 Å². The minimum Gasteiger partial charge on any atom is -0.461 e. The van der Waals surface area contributed by atoms with Crippen molar-refractivity contribution < 1.29 is 4.74 Å². The van der Waals surface area contributed by atoms with Crippen molar-refractivity contribution in [2.45, 2.75) is 26.9 Å². The summed E-state index contributed by atoms with van der Waals surface area (Å²) in [6, 6.07) is 8.15. The standard InChI is InChI=1S/C13H16N4O/c1-8(2)18-13-16-11(15-12(14)17-13)10-6-4-5-9(3)7-10/h4-8H,1-3H3,(H2,14,15,16,17). The third-order valence-electron chi connectivity index (χ3n) is 2.25. The van der Waals surface area contributed by atoms with Crippen LogP contribution in [0.5, 0.6) is 6.01 Å². The molecule has 0 aliphatic carbocycles. The van der Waals surface area contributed by atoms with E-state index in [1.54, 1.807) is 0 Å². The van der Waals surface area contributed by atoms with Crippen molar-refractivity contribution in [1.29, 1.82) is 0 Å². The van der Waals surface area contributed by atoms with Crippen molar-refractivity contribution >= 4 is 5.95 Å². The molecule has 18 heavy (non-hydrogen) atoms.